The lowest BCUT2D eigenvalue weighted by Gasteiger charge is -2.10. The van der Waals surface area contributed by atoms with Crippen molar-refractivity contribution in [2.24, 2.45) is 0 Å². The molecule has 1 aliphatic rings. The molecule has 25 heavy (non-hydrogen) atoms. The molecule has 128 valence electrons. The first-order valence-corrected chi connectivity index (χ1v) is 8.81. The van der Waals surface area contributed by atoms with E-state index < -0.39 is 0 Å². The van der Waals surface area contributed by atoms with Crippen LogP contribution >= 0.6 is 0 Å². The number of hydrogen-bond donors (Lipinski definition) is 0. The molecule has 1 heteroatoms. The van der Waals surface area contributed by atoms with Crippen LogP contribution in [0, 0.1) is 6.92 Å². The van der Waals surface area contributed by atoms with Gasteiger partial charge in [-0.3, -0.25) is 0 Å². The fourth-order valence-electron chi connectivity index (χ4n) is 2.75. The summed E-state index contributed by atoms with van der Waals surface area (Å²) in [6, 6.07) is 16.4. The molecule has 0 aliphatic heterocycles. The predicted octanol–water partition coefficient (Wildman–Crippen LogP) is 6.79. The Balaban J connectivity index is 0.000000269. The van der Waals surface area contributed by atoms with Crippen LogP contribution in [0.1, 0.15) is 43.6 Å². The summed E-state index contributed by atoms with van der Waals surface area (Å²) in [4.78, 5) is 4.63. The third kappa shape index (κ3) is 5.72. The fourth-order valence-corrected chi connectivity index (χ4v) is 2.75. The van der Waals surface area contributed by atoms with Crippen LogP contribution in [0.4, 0.5) is 0 Å². The molecule has 1 heterocycles. The zero-order valence-electron chi connectivity index (χ0n) is 15.5. The molecule has 2 aromatic rings. The lowest BCUT2D eigenvalue weighted by atomic mass is 9.97. The second-order valence-electron chi connectivity index (χ2n) is 6.23. The van der Waals surface area contributed by atoms with Crippen molar-refractivity contribution in [3.8, 4) is 0 Å². The van der Waals surface area contributed by atoms with Gasteiger partial charge in [-0.25, -0.2) is 4.98 Å². The van der Waals surface area contributed by atoms with Crippen molar-refractivity contribution < 1.29 is 0 Å². The van der Waals surface area contributed by atoms with E-state index in [4.69, 9.17) is 0 Å². The zero-order valence-corrected chi connectivity index (χ0v) is 15.5. The van der Waals surface area contributed by atoms with Gasteiger partial charge in [0.1, 0.15) is 0 Å². The number of aryl methyl sites for hydroxylation is 1. The summed E-state index contributed by atoms with van der Waals surface area (Å²) in [6.45, 7) is 10.2. The molecule has 0 unspecified atom stereocenters. The Morgan fingerprint density at radius 1 is 1.04 bits per heavy atom. The first kappa shape index (κ1) is 18.7. The number of pyridine rings is 1. The number of nitrogens with zero attached hydrogens (tertiary/aromatic N) is 1. The molecule has 1 nitrogen and oxygen atoms in total. The van der Waals surface area contributed by atoms with Gasteiger partial charge < -0.3 is 0 Å². The molecule has 1 aromatic carbocycles. The van der Waals surface area contributed by atoms with Gasteiger partial charge in [-0.05, 0) is 50.5 Å². The Morgan fingerprint density at radius 3 is 2.40 bits per heavy atom. The number of aromatic nitrogens is 1. The maximum Gasteiger partial charge on any atom is 0.0708 e. The first-order valence-electron chi connectivity index (χ1n) is 8.81. The summed E-state index contributed by atoms with van der Waals surface area (Å²) >= 11 is 0. The molecule has 0 spiro atoms. The minimum Gasteiger partial charge on any atom is -0.248 e. The second-order valence-corrected chi connectivity index (χ2v) is 6.23. The van der Waals surface area contributed by atoms with Crippen LogP contribution in [-0.2, 0) is 0 Å². The summed E-state index contributed by atoms with van der Waals surface area (Å²) in [6.07, 6.45) is 10.4. The summed E-state index contributed by atoms with van der Waals surface area (Å²) in [5.41, 5.74) is 7.40. The van der Waals surface area contributed by atoms with Gasteiger partial charge in [-0.2, -0.15) is 0 Å². The summed E-state index contributed by atoms with van der Waals surface area (Å²) in [5, 5.41) is 0. The summed E-state index contributed by atoms with van der Waals surface area (Å²) in [7, 11) is 0. The summed E-state index contributed by atoms with van der Waals surface area (Å²) in [5.74, 6) is 0. The Kier molecular flexibility index (Phi) is 7.16. The maximum absolute atomic E-state index is 4.63. The van der Waals surface area contributed by atoms with E-state index >= 15 is 0 Å². The van der Waals surface area contributed by atoms with Crippen molar-refractivity contribution in [2.45, 2.75) is 33.6 Å². The van der Waals surface area contributed by atoms with Crippen LogP contribution in [0.3, 0.4) is 0 Å². The first-order chi connectivity index (χ1) is 12.1. The molecular formula is C24H27N. The van der Waals surface area contributed by atoms with Gasteiger partial charge in [0, 0.05) is 0 Å². The van der Waals surface area contributed by atoms with Crippen molar-refractivity contribution >= 4 is 11.6 Å². The topological polar surface area (TPSA) is 12.9 Å². The Labute approximate surface area is 152 Å². The van der Waals surface area contributed by atoms with Crippen molar-refractivity contribution in [3.63, 3.8) is 0 Å². The predicted molar refractivity (Wildman–Crippen MR) is 110 cm³/mol. The highest BCUT2D eigenvalue weighted by molar-refractivity contribution is 5.76. The number of rotatable bonds is 3. The van der Waals surface area contributed by atoms with E-state index in [-0.39, 0.29) is 0 Å². The molecule has 0 N–H and O–H groups in total. The van der Waals surface area contributed by atoms with Crippen molar-refractivity contribution in [1.82, 2.24) is 4.98 Å². The molecule has 0 saturated carbocycles. The van der Waals surface area contributed by atoms with Crippen LogP contribution in [-0.4, -0.2) is 4.98 Å². The van der Waals surface area contributed by atoms with Gasteiger partial charge in [0.05, 0.1) is 11.4 Å². The van der Waals surface area contributed by atoms with Crippen molar-refractivity contribution in [3.05, 3.63) is 101 Å². The van der Waals surface area contributed by atoms with E-state index in [9.17, 15) is 0 Å². The van der Waals surface area contributed by atoms with Gasteiger partial charge in [-0.15, -0.1) is 0 Å². The van der Waals surface area contributed by atoms with Gasteiger partial charge in [0.25, 0.3) is 0 Å². The van der Waals surface area contributed by atoms with E-state index in [1.54, 1.807) is 6.08 Å². The summed E-state index contributed by atoms with van der Waals surface area (Å²) < 4.78 is 0. The highest BCUT2D eigenvalue weighted by atomic mass is 14.7. The van der Waals surface area contributed by atoms with Gasteiger partial charge >= 0.3 is 0 Å². The Bertz CT molecular complexity index is 792. The standard InChI is InChI=1S/C17H19N.C7H8/c1-4-14-12-13(3)8-6-10-16(14)17-11-7-9-15(5-2)18-17;1-7-5-3-2-4-6-7/h5-11H,2,4,12H2,1,3H3;2-6H,1H3. The van der Waals surface area contributed by atoms with E-state index in [0.717, 1.165) is 24.2 Å². The van der Waals surface area contributed by atoms with Crippen LogP contribution < -0.4 is 0 Å². The number of benzene rings is 1. The van der Waals surface area contributed by atoms with Crippen LogP contribution in [0.5, 0.6) is 0 Å². The van der Waals surface area contributed by atoms with Gasteiger partial charge in [-0.1, -0.05) is 84.8 Å². The monoisotopic (exact) mass is 329 g/mol. The Hall–Kier alpha value is -2.67. The van der Waals surface area contributed by atoms with Gasteiger partial charge in [0.2, 0.25) is 0 Å². The number of allylic oxidation sites excluding steroid dienone is 6. The van der Waals surface area contributed by atoms with Crippen LogP contribution in [0.25, 0.3) is 11.6 Å². The Morgan fingerprint density at radius 2 is 1.80 bits per heavy atom. The molecule has 0 saturated heterocycles. The molecule has 1 aromatic heterocycles. The number of hydrogen-bond acceptors (Lipinski definition) is 1. The molecule has 1 aliphatic carbocycles. The van der Waals surface area contributed by atoms with E-state index in [0.29, 0.717) is 0 Å². The fraction of sp³-hybridized carbons (Fsp3) is 0.208. The van der Waals surface area contributed by atoms with Crippen LogP contribution in [0.2, 0.25) is 0 Å². The maximum atomic E-state index is 4.63. The molecule has 0 fully saturated rings. The van der Waals surface area contributed by atoms with Crippen molar-refractivity contribution in [1.29, 1.82) is 0 Å². The highest BCUT2D eigenvalue weighted by Crippen LogP contribution is 2.28. The third-order valence-electron chi connectivity index (χ3n) is 4.14. The molecular weight excluding hydrogens is 302 g/mol. The minimum absolute atomic E-state index is 0.929. The average Bonchev–Trinajstić information content (AvgIpc) is 2.84. The lowest BCUT2D eigenvalue weighted by Crippen LogP contribution is -1.94. The normalized spacial score (nSPS) is 13.5. The van der Waals surface area contributed by atoms with E-state index in [1.807, 2.05) is 30.3 Å². The minimum atomic E-state index is 0.929. The average molecular weight is 329 g/mol. The third-order valence-corrected chi connectivity index (χ3v) is 4.14. The van der Waals surface area contributed by atoms with E-state index in [1.165, 1.54) is 22.3 Å². The van der Waals surface area contributed by atoms with E-state index in [2.05, 4.69) is 68.8 Å². The van der Waals surface area contributed by atoms with Gasteiger partial charge in [0.15, 0.2) is 0 Å². The smallest absolute Gasteiger partial charge is 0.0708 e. The lowest BCUT2D eigenvalue weighted by molar-refractivity contribution is 0.995. The molecule has 0 atom stereocenters. The molecule has 0 bridgehead atoms. The molecule has 0 radical (unpaired) electrons. The van der Waals surface area contributed by atoms with Crippen LogP contribution in [0.15, 0.2) is 84.5 Å². The largest absolute Gasteiger partial charge is 0.248 e. The molecule has 0 amide bonds. The second kappa shape index (κ2) is 9.58. The highest BCUT2D eigenvalue weighted by Gasteiger charge is 2.09. The zero-order chi connectivity index (χ0) is 18.1. The molecule has 3 rings (SSSR count). The SMILES string of the molecule is C=Cc1cccc(C2=C(CC)CC(C)=CC=C2)n1.Cc1ccccc1. The quantitative estimate of drug-likeness (QED) is 0.604. The van der Waals surface area contributed by atoms with Crippen molar-refractivity contribution in [2.75, 3.05) is 0 Å².